The van der Waals surface area contributed by atoms with Gasteiger partial charge >= 0.3 is 0 Å². The average molecular weight is 270 g/mol. The molecule has 3 rings (SSSR count). The zero-order chi connectivity index (χ0) is 13.9. The molecule has 1 N–H and O–H groups in total. The Hall–Kier alpha value is -1.78. The smallest absolute Gasteiger partial charge is 0.100 e. The number of ether oxygens (including phenoxy) is 1. The summed E-state index contributed by atoms with van der Waals surface area (Å²) >= 11 is 0. The lowest BCUT2D eigenvalue weighted by Crippen LogP contribution is -2.18. The fraction of sp³-hybridized carbons (Fsp3) is 0.375. The van der Waals surface area contributed by atoms with E-state index in [1.165, 1.54) is 11.1 Å². The first-order valence-corrected chi connectivity index (χ1v) is 6.90. The van der Waals surface area contributed by atoms with E-state index in [9.17, 15) is 5.11 Å². The fourth-order valence-electron chi connectivity index (χ4n) is 2.57. The van der Waals surface area contributed by atoms with Gasteiger partial charge in [-0.3, -0.25) is 9.97 Å². The quantitative estimate of drug-likeness (QED) is 0.931. The van der Waals surface area contributed by atoms with Crippen molar-refractivity contribution in [1.29, 1.82) is 0 Å². The minimum Gasteiger partial charge on any atom is -0.387 e. The Morgan fingerprint density at radius 3 is 2.95 bits per heavy atom. The number of aromatic nitrogens is 2. The summed E-state index contributed by atoms with van der Waals surface area (Å²) in [6.45, 7) is 2.58. The average Bonchev–Trinajstić information content (AvgIpc) is 2.48. The van der Waals surface area contributed by atoms with Gasteiger partial charge in [0, 0.05) is 12.6 Å². The number of aliphatic hydroxyl groups excluding tert-OH is 1. The molecule has 0 aliphatic carbocycles. The van der Waals surface area contributed by atoms with Crippen LogP contribution >= 0.6 is 0 Å². The van der Waals surface area contributed by atoms with E-state index in [2.05, 4.69) is 22.1 Å². The first-order chi connectivity index (χ1) is 9.74. The maximum Gasteiger partial charge on any atom is 0.100 e. The van der Waals surface area contributed by atoms with Crippen molar-refractivity contribution < 1.29 is 9.84 Å². The lowest BCUT2D eigenvalue weighted by Gasteiger charge is -2.27. The van der Waals surface area contributed by atoms with E-state index in [0.717, 1.165) is 12.1 Å². The molecule has 2 aromatic rings. The first kappa shape index (κ1) is 13.2. The van der Waals surface area contributed by atoms with Gasteiger partial charge in [0.25, 0.3) is 0 Å². The van der Waals surface area contributed by atoms with Crippen molar-refractivity contribution in [2.45, 2.75) is 32.0 Å². The lowest BCUT2D eigenvalue weighted by molar-refractivity contribution is 0.00273. The number of benzene rings is 1. The van der Waals surface area contributed by atoms with Crippen LogP contribution in [0.5, 0.6) is 0 Å². The van der Waals surface area contributed by atoms with E-state index in [0.29, 0.717) is 18.7 Å². The van der Waals surface area contributed by atoms with Gasteiger partial charge in [-0.25, -0.2) is 0 Å². The number of nitrogens with zero attached hydrogens (tertiary/aromatic N) is 2. The highest BCUT2D eigenvalue weighted by atomic mass is 16.5. The number of hydrogen-bond donors (Lipinski definition) is 1. The molecule has 0 spiro atoms. The molecule has 4 heteroatoms. The van der Waals surface area contributed by atoms with Crippen molar-refractivity contribution in [2.75, 3.05) is 6.61 Å². The van der Waals surface area contributed by atoms with Gasteiger partial charge in [0.2, 0.25) is 0 Å². The van der Waals surface area contributed by atoms with E-state index in [1.54, 1.807) is 12.4 Å². The Morgan fingerprint density at radius 2 is 2.15 bits per heavy atom. The molecule has 2 unspecified atom stereocenters. The van der Waals surface area contributed by atoms with E-state index >= 15 is 0 Å². The van der Waals surface area contributed by atoms with Gasteiger partial charge in [0.05, 0.1) is 30.3 Å². The van der Waals surface area contributed by atoms with E-state index in [1.807, 2.05) is 19.1 Å². The van der Waals surface area contributed by atoms with Gasteiger partial charge in [-0.2, -0.15) is 0 Å². The number of aliphatic hydroxyl groups is 1. The van der Waals surface area contributed by atoms with Crippen LogP contribution in [0.3, 0.4) is 0 Å². The molecule has 4 nitrogen and oxygen atoms in total. The van der Waals surface area contributed by atoms with Crippen LogP contribution in [-0.4, -0.2) is 21.7 Å². The predicted molar refractivity (Wildman–Crippen MR) is 75.2 cm³/mol. The minimum atomic E-state index is -0.653. The van der Waals surface area contributed by atoms with Gasteiger partial charge in [-0.05, 0) is 24.5 Å². The zero-order valence-electron chi connectivity index (χ0n) is 11.5. The summed E-state index contributed by atoms with van der Waals surface area (Å²) in [5, 5.41) is 10.3. The van der Waals surface area contributed by atoms with Crippen LogP contribution < -0.4 is 0 Å². The van der Waals surface area contributed by atoms with Gasteiger partial charge in [0.1, 0.15) is 6.10 Å². The third kappa shape index (κ3) is 2.71. The molecule has 0 saturated carbocycles. The van der Waals surface area contributed by atoms with Gasteiger partial charge in [-0.15, -0.1) is 0 Å². The van der Waals surface area contributed by atoms with Gasteiger partial charge in [-0.1, -0.05) is 24.3 Å². The number of hydrogen-bond acceptors (Lipinski definition) is 4. The highest BCUT2D eigenvalue weighted by molar-refractivity contribution is 5.31. The maximum atomic E-state index is 10.3. The molecule has 0 bridgehead atoms. The summed E-state index contributed by atoms with van der Waals surface area (Å²) in [4.78, 5) is 8.41. The Kier molecular flexibility index (Phi) is 3.76. The zero-order valence-corrected chi connectivity index (χ0v) is 11.5. The summed E-state index contributed by atoms with van der Waals surface area (Å²) in [5.41, 5.74) is 3.94. The molecule has 104 valence electrons. The van der Waals surface area contributed by atoms with Crippen LogP contribution in [0.1, 0.15) is 41.1 Å². The normalized spacial score (nSPS) is 19.4. The monoisotopic (exact) mass is 270 g/mol. The van der Waals surface area contributed by atoms with Crippen LogP contribution in [0.4, 0.5) is 0 Å². The van der Waals surface area contributed by atoms with Crippen LogP contribution in [-0.2, 0) is 11.2 Å². The summed E-state index contributed by atoms with van der Waals surface area (Å²) in [5.74, 6) is 0. The fourth-order valence-corrected chi connectivity index (χ4v) is 2.57. The predicted octanol–water partition coefficient (Wildman–Crippen LogP) is 2.52. The van der Waals surface area contributed by atoms with Crippen LogP contribution in [0.25, 0.3) is 0 Å². The molecule has 1 aromatic carbocycles. The molecule has 1 aliphatic heterocycles. The third-order valence-corrected chi connectivity index (χ3v) is 3.67. The second-order valence-corrected chi connectivity index (χ2v) is 5.14. The third-order valence-electron chi connectivity index (χ3n) is 3.67. The van der Waals surface area contributed by atoms with Crippen molar-refractivity contribution >= 4 is 0 Å². The summed E-state index contributed by atoms with van der Waals surface area (Å²) in [6, 6.07) is 8.26. The Balaban J connectivity index is 1.77. The number of rotatable bonds is 3. The highest BCUT2D eigenvalue weighted by Crippen LogP contribution is 2.33. The Labute approximate surface area is 118 Å². The summed E-state index contributed by atoms with van der Waals surface area (Å²) < 4.78 is 5.81. The topological polar surface area (TPSA) is 55.2 Å². The second-order valence-electron chi connectivity index (χ2n) is 5.14. The summed E-state index contributed by atoms with van der Waals surface area (Å²) in [6.07, 6.45) is 4.03. The molecular weight excluding hydrogens is 252 g/mol. The molecule has 1 aromatic heterocycles. The van der Waals surface area contributed by atoms with Crippen molar-refractivity contribution in [3.63, 3.8) is 0 Å². The van der Waals surface area contributed by atoms with E-state index in [4.69, 9.17) is 4.74 Å². The van der Waals surface area contributed by atoms with Crippen LogP contribution in [0.15, 0.2) is 36.7 Å². The second kappa shape index (κ2) is 5.69. The maximum absolute atomic E-state index is 10.3. The van der Waals surface area contributed by atoms with E-state index in [-0.39, 0.29) is 6.10 Å². The molecule has 0 fully saturated rings. The lowest BCUT2D eigenvalue weighted by atomic mass is 9.94. The van der Waals surface area contributed by atoms with Crippen molar-refractivity contribution in [1.82, 2.24) is 9.97 Å². The molecule has 0 amide bonds. The standard InChI is InChI=1S/C16H18N2O2/c1-11-9-18-14(10-17-11)15(19)8-16-13-5-3-2-4-12(13)6-7-20-16/h2-5,9-10,15-16,19H,6-8H2,1H3. The van der Waals surface area contributed by atoms with Gasteiger partial charge < -0.3 is 9.84 Å². The number of fused-ring (bicyclic) bond motifs is 1. The highest BCUT2D eigenvalue weighted by Gasteiger charge is 2.24. The van der Waals surface area contributed by atoms with Crippen LogP contribution in [0, 0.1) is 6.92 Å². The van der Waals surface area contributed by atoms with Crippen molar-refractivity contribution in [2.24, 2.45) is 0 Å². The van der Waals surface area contributed by atoms with Crippen molar-refractivity contribution in [3.8, 4) is 0 Å². The minimum absolute atomic E-state index is 0.0712. The largest absolute Gasteiger partial charge is 0.387 e. The Morgan fingerprint density at radius 1 is 1.30 bits per heavy atom. The SMILES string of the molecule is Cc1cnc(C(O)CC2OCCc3ccccc32)cn1. The molecule has 2 heterocycles. The summed E-state index contributed by atoms with van der Waals surface area (Å²) in [7, 11) is 0. The molecule has 2 atom stereocenters. The molecule has 0 radical (unpaired) electrons. The van der Waals surface area contributed by atoms with Crippen molar-refractivity contribution in [3.05, 3.63) is 59.2 Å². The number of aryl methyl sites for hydroxylation is 1. The molecule has 20 heavy (non-hydrogen) atoms. The molecular formula is C16H18N2O2. The molecule has 1 aliphatic rings. The Bertz CT molecular complexity index is 583. The van der Waals surface area contributed by atoms with Gasteiger partial charge in [0.15, 0.2) is 0 Å². The van der Waals surface area contributed by atoms with E-state index < -0.39 is 6.10 Å². The first-order valence-electron chi connectivity index (χ1n) is 6.90. The van der Waals surface area contributed by atoms with Crippen LogP contribution in [0.2, 0.25) is 0 Å². The molecule has 0 saturated heterocycles.